The number of rotatable bonds is 4. The smallest absolute Gasteiger partial charge is 0.306 e. The van der Waals surface area contributed by atoms with Crippen LogP contribution in [0.25, 0.3) is 0 Å². The van der Waals surface area contributed by atoms with Gasteiger partial charge in [0.15, 0.2) is 0 Å². The molecule has 0 aliphatic rings. The molecule has 0 saturated heterocycles. The van der Waals surface area contributed by atoms with Crippen LogP contribution in [-0.2, 0) is 24.7 Å². The molecule has 84 valence electrons. The molecule has 0 aliphatic heterocycles. The Balaban J connectivity index is 2.94. The first-order valence-corrected chi connectivity index (χ1v) is 5.28. The lowest BCUT2D eigenvalue weighted by molar-refractivity contribution is -0.141. The zero-order chi connectivity index (χ0) is 11.6. The van der Waals surface area contributed by atoms with Gasteiger partial charge in [-0.05, 0) is 6.42 Å². The number of aryl methyl sites for hydroxylation is 2. The molecule has 0 spiro atoms. The topological polar surface area (TPSA) is 55.1 Å². The van der Waals surface area contributed by atoms with Crippen LogP contribution < -0.4 is 0 Å². The molecule has 1 heterocycles. The van der Waals surface area contributed by atoms with Gasteiger partial charge in [-0.1, -0.05) is 25.4 Å². The molecule has 1 rings (SSSR count). The predicted molar refractivity (Wildman–Crippen MR) is 58.1 cm³/mol. The van der Waals surface area contributed by atoms with Crippen LogP contribution in [0.1, 0.15) is 25.2 Å². The van der Waals surface area contributed by atoms with Crippen LogP contribution in [0.2, 0.25) is 5.02 Å². The van der Waals surface area contributed by atoms with Crippen LogP contribution in [0.4, 0.5) is 0 Å². The highest BCUT2D eigenvalue weighted by Crippen LogP contribution is 2.23. The van der Waals surface area contributed by atoms with E-state index >= 15 is 0 Å². The average Bonchev–Trinajstić information content (AvgIpc) is 2.44. The van der Waals surface area contributed by atoms with Crippen molar-refractivity contribution in [3.8, 4) is 0 Å². The number of carboxylic acid groups (broad SMARTS) is 1. The molecule has 1 atom stereocenters. The molecule has 15 heavy (non-hydrogen) atoms. The van der Waals surface area contributed by atoms with Gasteiger partial charge in [-0.25, -0.2) is 0 Å². The Bertz CT molecular complexity index is 374. The van der Waals surface area contributed by atoms with E-state index in [2.05, 4.69) is 5.10 Å². The fourth-order valence-electron chi connectivity index (χ4n) is 1.42. The van der Waals surface area contributed by atoms with Gasteiger partial charge < -0.3 is 5.11 Å². The number of hydrogen-bond donors (Lipinski definition) is 1. The molecule has 0 amide bonds. The normalized spacial score (nSPS) is 12.8. The molecule has 5 heteroatoms. The summed E-state index contributed by atoms with van der Waals surface area (Å²) in [4.78, 5) is 10.7. The van der Waals surface area contributed by atoms with Crippen molar-refractivity contribution in [3.05, 3.63) is 16.4 Å². The van der Waals surface area contributed by atoms with E-state index in [0.29, 0.717) is 11.4 Å². The first kappa shape index (κ1) is 12.0. The number of aromatic nitrogens is 2. The van der Waals surface area contributed by atoms with E-state index in [4.69, 9.17) is 16.7 Å². The standard InChI is InChI=1S/C10H15ClN2O2/c1-4-7-9(11)8(13(3)12-7)5-6(2)10(14)15/h6H,4-5H2,1-3H3,(H,14,15). The quantitative estimate of drug-likeness (QED) is 0.860. The monoisotopic (exact) mass is 230 g/mol. The van der Waals surface area contributed by atoms with E-state index in [9.17, 15) is 4.79 Å². The Kier molecular flexibility index (Phi) is 3.74. The predicted octanol–water partition coefficient (Wildman–Crippen LogP) is 1.90. The first-order chi connectivity index (χ1) is 6.97. The minimum atomic E-state index is -0.815. The number of carboxylic acids is 1. The summed E-state index contributed by atoms with van der Waals surface area (Å²) in [5, 5.41) is 13.7. The third kappa shape index (κ3) is 2.50. The number of hydrogen-bond acceptors (Lipinski definition) is 2. The molecule has 1 N–H and O–H groups in total. The van der Waals surface area contributed by atoms with Gasteiger partial charge in [-0.15, -0.1) is 0 Å². The van der Waals surface area contributed by atoms with Crippen molar-refractivity contribution in [3.63, 3.8) is 0 Å². The van der Waals surface area contributed by atoms with Gasteiger partial charge in [0.1, 0.15) is 0 Å². The average molecular weight is 231 g/mol. The largest absolute Gasteiger partial charge is 0.481 e. The van der Waals surface area contributed by atoms with Gasteiger partial charge in [0.25, 0.3) is 0 Å². The van der Waals surface area contributed by atoms with E-state index in [1.165, 1.54) is 0 Å². The molecule has 0 bridgehead atoms. The Morgan fingerprint density at radius 2 is 2.27 bits per heavy atom. The van der Waals surface area contributed by atoms with Crippen molar-refractivity contribution in [2.75, 3.05) is 0 Å². The van der Waals surface area contributed by atoms with Crippen LogP contribution >= 0.6 is 11.6 Å². The summed E-state index contributed by atoms with van der Waals surface area (Å²) >= 11 is 6.10. The summed E-state index contributed by atoms with van der Waals surface area (Å²) in [5.74, 6) is -1.26. The highest BCUT2D eigenvalue weighted by atomic mass is 35.5. The lowest BCUT2D eigenvalue weighted by atomic mass is 10.1. The SMILES string of the molecule is CCc1nn(C)c(CC(C)C(=O)O)c1Cl. The molecule has 0 aliphatic carbocycles. The zero-order valence-corrected chi connectivity index (χ0v) is 9.88. The van der Waals surface area contributed by atoms with Crippen molar-refractivity contribution in [1.29, 1.82) is 0 Å². The van der Waals surface area contributed by atoms with Crippen molar-refractivity contribution in [2.24, 2.45) is 13.0 Å². The molecular formula is C10H15ClN2O2. The lowest BCUT2D eigenvalue weighted by Crippen LogP contribution is -2.14. The van der Waals surface area contributed by atoms with Crippen LogP contribution in [0, 0.1) is 5.92 Å². The third-order valence-corrected chi connectivity index (χ3v) is 2.86. The van der Waals surface area contributed by atoms with Crippen LogP contribution in [0.5, 0.6) is 0 Å². The van der Waals surface area contributed by atoms with Gasteiger partial charge in [0.05, 0.1) is 22.3 Å². The van der Waals surface area contributed by atoms with E-state index in [1.54, 1.807) is 18.7 Å². The second-order valence-electron chi connectivity index (χ2n) is 3.63. The van der Waals surface area contributed by atoms with E-state index in [0.717, 1.165) is 17.8 Å². The van der Waals surface area contributed by atoms with E-state index in [1.807, 2.05) is 6.92 Å². The molecule has 0 fully saturated rings. The highest BCUT2D eigenvalue weighted by molar-refractivity contribution is 6.31. The summed E-state index contributed by atoms with van der Waals surface area (Å²) in [6.45, 7) is 3.63. The van der Waals surface area contributed by atoms with Gasteiger partial charge in [0, 0.05) is 13.5 Å². The first-order valence-electron chi connectivity index (χ1n) is 4.90. The molecular weight excluding hydrogens is 216 g/mol. The summed E-state index contributed by atoms with van der Waals surface area (Å²) in [6, 6.07) is 0. The van der Waals surface area contributed by atoms with Crippen molar-refractivity contribution < 1.29 is 9.90 Å². The van der Waals surface area contributed by atoms with Crippen LogP contribution in [0.3, 0.4) is 0 Å². The second kappa shape index (κ2) is 4.66. The highest BCUT2D eigenvalue weighted by Gasteiger charge is 2.19. The van der Waals surface area contributed by atoms with Crippen molar-refractivity contribution in [1.82, 2.24) is 9.78 Å². The molecule has 0 saturated carbocycles. The summed E-state index contributed by atoms with van der Waals surface area (Å²) in [6.07, 6.45) is 1.17. The number of aliphatic carboxylic acids is 1. The maximum atomic E-state index is 10.7. The second-order valence-corrected chi connectivity index (χ2v) is 4.01. The fourth-order valence-corrected chi connectivity index (χ4v) is 1.79. The Morgan fingerprint density at radius 3 is 2.67 bits per heavy atom. The number of carbonyl (C=O) groups is 1. The van der Waals surface area contributed by atoms with Gasteiger partial charge in [-0.3, -0.25) is 9.48 Å². The molecule has 1 aromatic heterocycles. The number of halogens is 1. The summed E-state index contributed by atoms with van der Waals surface area (Å²) in [7, 11) is 1.79. The number of nitrogens with zero attached hydrogens (tertiary/aromatic N) is 2. The van der Waals surface area contributed by atoms with Crippen molar-refractivity contribution in [2.45, 2.75) is 26.7 Å². The Labute approximate surface area is 93.9 Å². The third-order valence-electron chi connectivity index (χ3n) is 2.42. The van der Waals surface area contributed by atoms with Gasteiger partial charge in [0.2, 0.25) is 0 Å². The maximum Gasteiger partial charge on any atom is 0.306 e. The zero-order valence-electron chi connectivity index (χ0n) is 9.12. The minimum Gasteiger partial charge on any atom is -0.481 e. The molecule has 1 unspecified atom stereocenters. The maximum absolute atomic E-state index is 10.7. The van der Waals surface area contributed by atoms with Crippen molar-refractivity contribution >= 4 is 17.6 Å². The summed E-state index contributed by atoms with van der Waals surface area (Å²) in [5.41, 5.74) is 1.62. The molecule has 4 nitrogen and oxygen atoms in total. The fraction of sp³-hybridized carbons (Fsp3) is 0.600. The van der Waals surface area contributed by atoms with E-state index in [-0.39, 0.29) is 0 Å². The van der Waals surface area contributed by atoms with Crippen LogP contribution in [0.15, 0.2) is 0 Å². The Morgan fingerprint density at radius 1 is 1.67 bits per heavy atom. The molecule has 0 radical (unpaired) electrons. The van der Waals surface area contributed by atoms with Gasteiger partial charge in [-0.2, -0.15) is 5.10 Å². The lowest BCUT2D eigenvalue weighted by Gasteiger charge is -2.06. The molecule has 0 aromatic carbocycles. The summed E-state index contributed by atoms with van der Waals surface area (Å²) < 4.78 is 1.67. The Hall–Kier alpha value is -1.03. The van der Waals surface area contributed by atoms with E-state index < -0.39 is 11.9 Å². The van der Waals surface area contributed by atoms with Crippen LogP contribution in [-0.4, -0.2) is 20.9 Å². The minimum absolute atomic E-state index is 0.414. The molecule has 1 aromatic rings. The van der Waals surface area contributed by atoms with Gasteiger partial charge >= 0.3 is 5.97 Å².